The fourth-order valence-corrected chi connectivity index (χ4v) is 5.45. The van der Waals surface area contributed by atoms with E-state index in [1.807, 2.05) is 73.7 Å². The zero-order chi connectivity index (χ0) is 36.6. The minimum absolute atomic E-state index is 0.217. The third kappa shape index (κ3) is 13.3. The molecule has 0 aliphatic heterocycles. The largest absolute Gasteiger partial charge is 0.321 e. The number of anilines is 2. The lowest BCUT2D eigenvalue weighted by Gasteiger charge is -2.10. The fraction of sp³-hybridized carbons (Fsp3) is 0.100. The maximum Gasteiger partial charge on any atom is 0.274 e. The van der Waals surface area contributed by atoms with E-state index < -0.39 is 0 Å². The average molecular weight is 779 g/mol. The van der Waals surface area contributed by atoms with Crippen LogP contribution in [0.3, 0.4) is 0 Å². The summed E-state index contributed by atoms with van der Waals surface area (Å²) in [6.07, 6.45) is 4.72. The molecule has 0 saturated heterocycles. The molecule has 0 spiro atoms. The zero-order valence-electron chi connectivity index (χ0n) is 27.4. The SMILES string of the molecule is Cc1cccnc1C(=O)Nc1ccc(Cl)cc1.ClCc1cccc(Cl)c1.O=C(Nc1ccc(Cl)cc1)c1ncccc1CCc1cccc(Cl)c1. The number of benzene rings is 4. The second-order valence-electron chi connectivity index (χ2n) is 11.0. The van der Waals surface area contributed by atoms with E-state index >= 15 is 0 Å². The Morgan fingerprint density at radius 1 is 0.549 bits per heavy atom. The number of alkyl halides is 1. The summed E-state index contributed by atoms with van der Waals surface area (Å²) >= 11 is 28.9. The van der Waals surface area contributed by atoms with Crippen molar-refractivity contribution in [2.75, 3.05) is 10.6 Å². The molecule has 2 amide bonds. The third-order valence-corrected chi connectivity index (χ3v) is 8.43. The van der Waals surface area contributed by atoms with E-state index in [4.69, 9.17) is 58.0 Å². The van der Waals surface area contributed by atoms with E-state index in [-0.39, 0.29) is 11.8 Å². The van der Waals surface area contributed by atoms with Gasteiger partial charge in [-0.15, -0.1) is 11.6 Å². The minimum Gasteiger partial charge on any atom is -0.321 e. The van der Waals surface area contributed by atoms with Crippen LogP contribution in [0.5, 0.6) is 0 Å². The maximum atomic E-state index is 12.6. The molecule has 2 aromatic heterocycles. The van der Waals surface area contributed by atoms with E-state index in [1.165, 1.54) is 0 Å². The standard InChI is InChI=1S/C20H16Cl2N2O.C13H11ClN2O.C7H6Cl2/c21-16-8-10-18(11-9-16)24-20(25)19-15(4-2-12-23-19)7-6-14-3-1-5-17(22)13-14;1-9-3-2-8-15-12(9)13(17)16-11-6-4-10(14)5-7-11;8-5-6-2-1-3-7(9)4-6/h1-5,8-13H,6-7H2,(H,24,25);2-8H,1H3,(H,16,17);1-4H,5H2. The van der Waals surface area contributed by atoms with Crippen molar-refractivity contribution < 1.29 is 9.59 Å². The Morgan fingerprint density at radius 2 is 1.04 bits per heavy atom. The van der Waals surface area contributed by atoms with Gasteiger partial charge in [0, 0.05) is 49.7 Å². The summed E-state index contributed by atoms with van der Waals surface area (Å²) in [5.41, 5.74) is 6.17. The summed E-state index contributed by atoms with van der Waals surface area (Å²) in [7, 11) is 0. The molecule has 0 atom stereocenters. The average Bonchev–Trinajstić information content (AvgIpc) is 3.13. The van der Waals surface area contributed by atoms with Crippen LogP contribution in [0.1, 0.15) is 43.2 Å². The molecule has 0 aliphatic carbocycles. The highest BCUT2D eigenvalue weighted by atomic mass is 35.5. The van der Waals surface area contributed by atoms with E-state index in [0.29, 0.717) is 50.1 Å². The Morgan fingerprint density at radius 3 is 1.55 bits per heavy atom. The van der Waals surface area contributed by atoms with Gasteiger partial charge in [0.25, 0.3) is 11.8 Å². The third-order valence-electron chi connectivity index (χ3n) is 7.15. The number of carbonyl (C=O) groups excluding carboxylic acids is 2. The molecule has 6 aromatic rings. The van der Waals surface area contributed by atoms with E-state index in [9.17, 15) is 9.59 Å². The number of aryl methyl sites for hydroxylation is 3. The minimum atomic E-state index is -0.232. The number of nitrogens with one attached hydrogen (secondary N) is 2. The lowest BCUT2D eigenvalue weighted by molar-refractivity contribution is 0.101. The normalized spacial score (nSPS) is 10.2. The first-order valence-electron chi connectivity index (χ1n) is 15.7. The maximum absolute atomic E-state index is 12.6. The first kappa shape index (κ1) is 39.4. The van der Waals surface area contributed by atoms with Crippen molar-refractivity contribution in [2.24, 2.45) is 0 Å². The van der Waals surface area contributed by atoms with Crippen molar-refractivity contribution in [1.82, 2.24) is 9.97 Å². The quantitative estimate of drug-likeness (QED) is 0.151. The first-order chi connectivity index (χ1) is 24.6. The molecule has 6 nitrogen and oxygen atoms in total. The van der Waals surface area contributed by atoms with Crippen LogP contribution in [0.15, 0.2) is 134 Å². The zero-order valence-corrected chi connectivity index (χ0v) is 31.2. The molecule has 51 heavy (non-hydrogen) atoms. The molecule has 2 heterocycles. The Kier molecular flexibility index (Phi) is 15.8. The molecule has 0 aliphatic rings. The summed E-state index contributed by atoms with van der Waals surface area (Å²) in [6, 6.07) is 36.6. The van der Waals surface area contributed by atoms with Gasteiger partial charge < -0.3 is 10.6 Å². The molecule has 260 valence electrons. The summed E-state index contributed by atoms with van der Waals surface area (Å²) in [6.45, 7) is 1.85. The van der Waals surface area contributed by atoms with Crippen molar-refractivity contribution in [2.45, 2.75) is 25.6 Å². The highest BCUT2D eigenvalue weighted by molar-refractivity contribution is 6.31. The van der Waals surface area contributed by atoms with Crippen molar-refractivity contribution in [1.29, 1.82) is 0 Å². The Hall–Kier alpha value is -4.43. The number of halogens is 5. The van der Waals surface area contributed by atoms with Gasteiger partial charge in [0.15, 0.2) is 0 Å². The highest BCUT2D eigenvalue weighted by Gasteiger charge is 2.13. The number of hydrogen-bond donors (Lipinski definition) is 2. The van der Waals surface area contributed by atoms with Gasteiger partial charge in [0.2, 0.25) is 0 Å². The van der Waals surface area contributed by atoms with Gasteiger partial charge >= 0.3 is 0 Å². The van der Waals surface area contributed by atoms with E-state index in [2.05, 4.69) is 20.6 Å². The molecule has 2 N–H and O–H groups in total. The lowest BCUT2D eigenvalue weighted by Crippen LogP contribution is -2.16. The summed E-state index contributed by atoms with van der Waals surface area (Å²) in [5, 5.41) is 8.33. The summed E-state index contributed by atoms with van der Waals surface area (Å²) in [5.74, 6) is 0.0787. The summed E-state index contributed by atoms with van der Waals surface area (Å²) in [4.78, 5) is 32.8. The van der Waals surface area contributed by atoms with Crippen molar-refractivity contribution in [3.8, 4) is 0 Å². The van der Waals surface area contributed by atoms with Gasteiger partial charge in [-0.05, 0) is 127 Å². The van der Waals surface area contributed by atoms with Gasteiger partial charge in [-0.1, -0.05) is 82.8 Å². The second-order valence-corrected chi connectivity index (χ2v) is 13.0. The van der Waals surface area contributed by atoms with Crippen LogP contribution in [-0.4, -0.2) is 21.8 Å². The Labute approximate surface area is 322 Å². The van der Waals surface area contributed by atoms with Crippen LogP contribution in [0, 0.1) is 6.92 Å². The van der Waals surface area contributed by atoms with Crippen LogP contribution in [0.4, 0.5) is 11.4 Å². The molecule has 0 unspecified atom stereocenters. The van der Waals surface area contributed by atoms with Crippen molar-refractivity contribution in [3.63, 3.8) is 0 Å². The van der Waals surface area contributed by atoms with Crippen LogP contribution < -0.4 is 10.6 Å². The van der Waals surface area contributed by atoms with Gasteiger partial charge in [-0.3, -0.25) is 19.6 Å². The Balaban J connectivity index is 0.000000192. The number of aromatic nitrogens is 2. The van der Waals surface area contributed by atoms with Crippen LogP contribution in [0.2, 0.25) is 20.1 Å². The van der Waals surface area contributed by atoms with Crippen molar-refractivity contribution >= 4 is 81.2 Å². The van der Waals surface area contributed by atoms with Crippen LogP contribution in [-0.2, 0) is 18.7 Å². The first-order valence-corrected chi connectivity index (χ1v) is 17.7. The summed E-state index contributed by atoms with van der Waals surface area (Å²) < 4.78 is 0. The molecular formula is C40H33Cl5N4O2. The fourth-order valence-electron chi connectivity index (χ4n) is 4.61. The molecule has 0 fully saturated rings. The molecule has 0 saturated carbocycles. The molecular weight excluding hydrogens is 746 g/mol. The molecule has 4 aromatic carbocycles. The van der Waals surface area contributed by atoms with Gasteiger partial charge in [0.1, 0.15) is 11.4 Å². The Bertz CT molecular complexity index is 2040. The van der Waals surface area contributed by atoms with Crippen molar-refractivity contribution in [3.05, 3.63) is 187 Å². The number of carbonyl (C=O) groups is 2. The number of hydrogen-bond acceptors (Lipinski definition) is 4. The van der Waals surface area contributed by atoms with Gasteiger partial charge in [-0.2, -0.15) is 0 Å². The molecule has 0 bridgehead atoms. The molecule has 6 rings (SSSR count). The molecule has 11 heteroatoms. The van der Waals surface area contributed by atoms with Gasteiger partial charge in [0.05, 0.1) is 0 Å². The number of amides is 2. The lowest BCUT2D eigenvalue weighted by atomic mass is 10.0. The number of rotatable bonds is 8. The molecule has 0 radical (unpaired) electrons. The highest BCUT2D eigenvalue weighted by Crippen LogP contribution is 2.18. The van der Waals surface area contributed by atoms with Crippen LogP contribution in [0.25, 0.3) is 0 Å². The van der Waals surface area contributed by atoms with Gasteiger partial charge in [-0.25, -0.2) is 0 Å². The number of pyridine rings is 2. The van der Waals surface area contributed by atoms with Crippen LogP contribution >= 0.6 is 58.0 Å². The predicted molar refractivity (Wildman–Crippen MR) is 212 cm³/mol. The monoisotopic (exact) mass is 776 g/mol. The van der Waals surface area contributed by atoms with E-state index in [1.54, 1.807) is 67.0 Å². The number of nitrogens with zero attached hydrogens (tertiary/aromatic N) is 2. The topological polar surface area (TPSA) is 84.0 Å². The second kappa shape index (κ2) is 20.4. The van der Waals surface area contributed by atoms with E-state index in [0.717, 1.165) is 33.7 Å². The smallest absolute Gasteiger partial charge is 0.274 e. The predicted octanol–water partition coefficient (Wildman–Crippen LogP) is 11.8.